The topological polar surface area (TPSA) is 71.5 Å². The smallest absolute Gasteiger partial charge is 0.238 e. The first-order chi connectivity index (χ1) is 12.8. The van der Waals surface area contributed by atoms with Crippen molar-refractivity contribution in [2.24, 2.45) is 0 Å². The van der Waals surface area contributed by atoms with E-state index in [4.69, 9.17) is 11.6 Å². The molecule has 0 saturated carbocycles. The number of aryl methyl sites for hydroxylation is 1. The van der Waals surface area contributed by atoms with Crippen LogP contribution in [0.4, 0.5) is 0 Å². The van der Waals surface area contributed by atoms with E-state index in [1.165, 1.54) is 17.0 Å². The molecule has 0 spiro atoms. The van der Waals surface area contributed by atoms with Gasteiger partial charge in [-0.25, -0.2) is 8.42 Å². The lowest BCUT2D eigenvalue weighted by Gasteiger charge is -2.16. The third-order valence-corrected chi connectivity index (χ3v) is 6.87. The number of Topliss-reactive ketones (excluding diaryl/α,β-unsaturated/α-hetero) is 1. The third-order valence-electron chi connectivity index (χ3n) is 3.98. The van der Waals surface area contributed by atoms with Gasteiger partial charge in [0.25, 0.3) is 0 Å². The van der Waals surface area contributed by atoms with Gasteiger partial charge in [-0.1, -0.05) is 41.1 Å². The van der Waals surface area contributed by atoms with Crippen molar-refractivity contribution >= 4 is 44.9 Å². The van der Waals surface area contributed by atoms with E-state index >= 15 is 0 Å². The Hall–Kier alpha value is -2.09. The van der Waals surface area contributed by atoms with Crippen LogP contribution < -0.4 is 0 Å². The van der Waals surface area contributed by atoms with Crippen LogP contribution in [-0.2, 0) is 14.6 Å². The van der Waals surface area contributed by atoms with Crippen molar-refractivity contribution in [1.82, 2.24) is 4.90 Å². The first-order valence-electron chi connectivity index (χ1n) is 8.02. The number of thioether (sulfide) groups is 1. The summed E-state index contributed by atoms with van der Waals surface area (Å²) in [5.41, 5.74) is 1.35. The second kappa shape index (κ2) is 7.88. The number of ketones is 1. The maximum atomic E-state index is 12.6. The minimum atomic E-state index is -3.73. The molecule has 0 bridgehead atoms. The van der Waals surface area contributed by atoms with Crippen LogP contribution in [0.25, 0.3) is 0 Å². The molecule has 140 valence electrons. The number of amides is 1. The summed E-state index contributed by atoms with van der Waals surface area (Å²) in [4.78, 5) is 26.0. The van der Waals surface area contributed by atoms with Crippen LogP contribution >= 0.6 is 23.4 Å². The molecule has 0 unspecified atom stereocenters. The number of sulfone groups is 1. The molecule has 2 aromatic rings. The van der Waals surface area contributed by atoms with Gasteiger partial charge in [-0.15, -0.1) is 0 Å². The maximum Gasteiger partial charge on any atom is 0.238 e. The van der Waals surface area contributed by atoms with Crippen molar-refractivity contribution < 1.29 is 18.0 Å². The predicted molar refractivity (Wildman–Crippen MR) is 106 cm³/mol. The Balaban J connectivity index is 1.85. The Morgan fingerprint density at radius 2 is 1.78 bits per heavy atom. The Morgan fingerprint density at radius 1 is 1.15 bits per heavy atom. The number of benzene rings is 2. The molecule has 0 aromatic heterocycles. The molecule has 0 N–H and O–H groups in total. The van der Waals surface area contributed by atoms with E-state index in [0.717, 1.165) is 22.7 Å². The number of halogens is 1. The quantitative estimate of drug-likeness (QED) is 0.688. The number of rotatable bonds is 5. The van der Waals surface area contributed by atoms with Crippen molar-refractivity contribution in [3.8, 4) is 0 Å². The number of hydrogen-bond donors (Lipinski definition) is 0. The number of nitrogens with zero attached hydrogens (tertiary/aromatic N) is 1. The summed E-state index contributed by atoms with van der Waals surface area (Å²) in [5, 5.41) is 1.81. The fourth-order valence-electron chi connectivity index (χ4n) is 2.48. The van der Waals surface area contributed by atoms with Crippen LogP contribution in [0, 0.1) is 6.92 Å². The fraction of sp³-hybridized carbons (Fsp3) is 0.158. The van der Waals surface area contributed by atoms with Gasteiger partial charge in [-0.3, -0.25) is 14.5 Å². The molecule has 0 radical (unpaired) electrons. The van der Waals surface area contributed by atoms with E-state index in [2.05, 4.69) is 0 Å². The van der Waals surface area contributed by atoms with Crippen LogP contribution in [0.1, 0.15) is 15.9 Å². The van der Waals surface area contributed by atoms with Crippen molar-refractivity contribution in [3.05, 3.63) is 75.1 Å². The summed E-state index contributed by atoms with van der Waals surface area (Å²) >= 11 is 6.93. The van der Waals surface area contributed by atoms with Gasteiger partial charge in [0.1, 0.15) is 0 Å². The minimum absolute atomic E-state index is 0.100. The van der Waals surface area contributed by atoms with E-state index in [-0.39, 0.29) is 33.9 Å². The largest absolute Gasteiger partial charge is 0.298 e. The van der Waals surface area contributed by atoms with Crippen molar-refractivity contribution in [2.45, 2.75) is 11.8 Å². The van der Waals surface area contributed by atoms with Crippen molar-refractivity contribution in [1.29, 1.82) is 0 Å². The van der Waals surface area contributed by atoms with Gasteiger partial charge < -0.3 is 0 Å². The number of hydrogen-bond acceptors (Lipinski definition) is 5. The van der Waals surface area contributed by atoms with E-state index in [1.807, 2.05) is 6.92 Å². The summed E-state index contributed by atoms with van der Waals surface area (Å²) in [7, 11) is -3.73. The molecular weight excluding hydrogens is 406 g/mol. The molecule has 2 aromatic carbocycles. The van der Waals surface area contributed by atoms with E-state index < -0.39 is 9.84 Å². The summed E-state index contributed by atoms with van der Waals surface area (Å²) in [5.74, 6) is -0.489. The Bertz CT molecular complexity index is 1010. The lowest BCUT2D eigenvalue weighted by atomic mass is 10.1. The summed E-state index contributed by atoms with van der Waals surface area (Å²) in [6, 6.07) is 12.8. The molecule has 1 heterocycles. The highest BCUT2D eigenvalue weighted by molar-refractivity contribution is 8.05. The minimum Gasteiger partial charge on any atom is -0.298 e. The van der Waals surface area contributed by atoms with E-state index in [1.54, 1.807) is 36.4 Å². The highest BCUT2D eigenvalue weighted by atomic mass is 35.5. The molecule has 0 aliphatic carbocycles. The van der Waals surface area contributed by atoms with Gasteiger partial charge in [0.05, 0.1) is 27.6 Å². The zero-order chi connectivity index (χ0) is 19.6. The first-order valence-corrected chi connectivity index (χ1v) is 10.9. The molecule has 5 nitrogen and oxygen atoms in total. The van der Waals surface area contributed by atoms with Crippen LogP contribution in [0.3, 0.4) is 0 Å². The van der Waals surface area contributed by atoms with Gasteiger partial charge >= 0.3 is 0 Å². The van der Waals surface area contributed by atoms with Crippen LogP contribution in [0.2, 0.25) is 5.02 Å². The monoisotopic (exact) mass is 421 g/mol. The molecule has 1 fully saturated rings. The van der Waals surface area contributed by atoms with Gasteiger partial charge in [0.2, 0.25) is 15.7 Å². The molecule has 1 saturated heterocycles. The van der Waals surface area contributed by atoms with E-state index in [9.17, 15) is 18.0 Å². The average Bonchev–Trinajstić information content (AvgIpc) is 2.95. The normalized spacial score (nSPS) is 16.1. The molecule has 8 heteroatoms. The second-order valence-corrected chi connectivity index (χ2v) is 9.24. The maximum absolute atomic E-state index is 12.6. The molecule has 3 rings (SSSR count). The molecule has 0 atom stereocenters. The Morgan fingerprint density at radius 3 is 2.41 bits per heavy atom. The van der Waals surface area contributed by atoms with Gasteiger partial charge in [-0.05, 0) is 43.3 Å². The van der Waals surface area contributed by atoms with Crippen molar-refractivity contribution in [3.63, 3.8) is 0 Å². The molecule has 1 aliphatic rings. The average molecular weight is 422 g/mol. The zero-order valence-electron chi connectivity index (χ0n) is 14.4. The van der Waals surface area contributed by atoms with Crippen molar-refractivity contribution in [2.75, 3.05) is 12.3 Å². The molecule has 27 heavy (non-hydrogen) atoms. The van der Waals surface area contributed by atoms with Gasteiger partial charge in [0, 0.05) is 10.6 Å². The molecular formula is C19H16ClNO4S2. The van der Waals surface area contributed by atoms with Gasteiger partial charge in [0.15, 0.2) is 5.78 Å². The highest BCUT2D eigenvalue weighted by Gasteiger charge is 2.30. The highest BCUT2D eigenvalue weighted by Crippen LogP contribution is 2.31. The summed E-state index contributed by atoms with van der Waals surface area (Å²) in [6.07, 6.45) is 0. The molecule has 1 amide bonds. The Labute approximate surface area is 166 Å². The lowest BCUT2D eigenvalue weighted by molar-refractivity contribution is -0.125. The predicted octanol–water partition coefficient (Wildman–Crippen LogP) is 3.68. The van der Waals surface area contributed by atoms with Crippen LogP contribution in [-0.4, -0.2) is 37.3 Å². The molecule has 1 aliphatic heterocycles. The lowest BCUT2D eigenvalue weighted by Crippen LogP contribution is -2.30. The second-order valence-electron chi connectivity index (χ2n) is 6.01. The summed E-state index contributed by atoms with van der Waals surface area (Å²) < 4.78 is 25.2. The first kappa shape index (κ1) is 19.7. The number of carbonyl (C=O) groups is 2. The van der Waals surface area contributed by atoms with Crippen LogP contribution in [0.15, 0.2) is 63.9 Å². The third kappa shape index (κ3) is 4.61. The van der Waals surface area contributed by atoms with Gasteiger partial charge in [-0.2, -0.15) is 0 Å². The SMILES string of the molecule is Cc1ccc(S(=O)(=O)/C=C2/SCC(=O)N2CC(=O)c2ccc(Cl)cc2)cc1. The fourth-order valence-corrected chi connectivity index (χ4v) is 5.05. The standard InChI is InChI=1S/C19H16ClNO4S2/c1-13-2-8-16(9-3-13)27(24,25)12-19-21(18(23)11-26-19)10-17(22)14-4-6-15(20)7-5-14/h2-9,12H,10-11H2,1H3/b19-12+. The zero-order valence-corrected chi connectivity index (χ0v) is 16.8. The number of carbonyl (C=O) groups excluding carboxylic acids is 2. The van der Waals surface area contributed by atoms with E-state index in [0.29, 0.717) is 10.6 Å². The Kier molecular flexibility index (Phi) is 5.74. The summed E-state index contributed by atoms with van der Waals surface area (Å²) in [6.45, 7) is 1.65. The van der Waals surface area contributed by atoms with Crippen LogP contribution in [0.5, 0.6) is 0 Å².